The van der Waals surface area contributed by atoms with Crippen LogP contribution in [0.5, 0.6) is 0 Å². The zero-order valence-corrected chi connectivity index (χ0v) is 10.3. The summed E-state index contributed by atoms with van der Waals surface area (Å²) < 4.78 is 5.38. The van der Waals surface area contributed by atoms with E-state index in [4.69, 9.17) is 4.42 Å². The predicted molar refractivity (Wildman–Crippen MR) is 79.2 cm³/mol. The van der Waals surface area contributed by atoms with Crippen LogP contribution in [0, 0.1) is 0 Å². The van der Waals surface area contributed by atoms with Crippen molar-refractivity contribution in [1.29, 1.82) is 0 Å². The molecule has 0 saturated heterocycles. The lowest BCUT2D eigenvalue weighted by Gasteiger charge is -2.04. The van der Waals surface area contributed by atoms with Gasteiger partial charge in [0.25, 0.3) is 0 Å². The van der Waals surface area contributed by atoms with Gasteiger partial charge < -0.3 is 4.42 Å². The lowest BCUT2D eigenvalue weighted by Crippen LogP contribution is -1.79. The van der Waals surface area contributed by atoms with Gasteiger partial charge in [0, 0.05) is 5.39 Å². The molecule has 90 valence electrons. The molecule has 3 aromatic carbocycles. The van der Waals surface area contributed by atoms with Crippen molar-refractivity contribution in [2.24, 2.45) is 0 Å². The Morgan fingerprint density at radius 1 is 0.579 bits per heavy atom. The number of fused-ring (bicyclic) bond motifs is 2. The van der Waals surface area contributed by atoms with Crippen molar-refractivity contribution in [3.8, 4) is 11.1 Å². The van der Waals surface area contributed by atoms with Crippen molar-refractivity contribution >= 4 is 21.7 Å². The Labute approximate surface area is 111 Å². The van der Waals surface area contributed by atoms with Gasteiger partial charge in [-0.2, -0.15) is 0 Å². The van der Waals surface area contributed by atoms with Crippen LogP contribution in [0.1, 0.15) is 0 Å². The normalized spacial score (nSPS) is 11.2. The number of furan rings is 1. The average Bonchev–Trinajstić information content (AvgIpc) is 2.94. The van der Waals surface area contributed by atoms with Crippen molar-refractivity contribution in [2.45, 2.75) is 0 Å². The first-order valence-electron chi connectivity index (χ1n) is 6.37. The molecule has 1 aromatic heterocycles. The summed E-state index contributed by atoms with van der Waals surface area (Å²) in [4.78, 5) is 0. The van der Waals surface area contributed by atoms with Gasteiger partial charge in [0.15, 0.2) is 0 Å². The summed E-state index contributed by atoms with van der Waals surface area (Å²) in [6.45, 7) is 0. The number of hydrogen-bond acceptors (Lipinski definition) is 1. The molecule has 0 radical (unpaired) electrons. The minimum atomic E-state index is 0.935. The summed E-state index contributed by atoms with van der Waals surface area (Å²) in [6.07, 6.45) is 1.73. The fourth-order valence-corrected chi connectivity index (χ4v) is 2.52. The highest BCUT2D eigenvalue weighted by Crippen LogP contribution is 2.27. The second-order valence-corrected chi connectivity index (χ2v) is 4.74. The second-order valence-electron chi connectivity index (χ2n) is 4.74. The van der Waals surface area contributed by atoms with E-state index < -0.39 is 0 Å². The van der Waals surface area contributed by atoms with E-state index in [0.717, 1.165) is 11.0 Å². The van der Waals surface area contributed by atoms with Crippen LogP contribution < -0.4 is 0 Å². The van der Waals surface area contributed by atoms with E-state index in [1.54, 1.807) is 6.26 Å². The third-order valence-electron chi connectivity index (χ3n) is 3.54. The monoisotopic (exact) mass is 244 g/mol. The molecule has 0 aliphatic heterocycles. The zero-order valence-electron chi connectivity index (χ0n) is 10.3. The van der Waals surface area contributed by atoms with Gasteiger partial charge in [0.05, 0.1) is 6.26 Å². The summed E-state index contributed by atoms with van der Waals surface area (Å²) in [6, 6.07) is 23.3. The molecule has 4 rings (SSSR count). The molecule has 0 aliphatic carbocycles. The van der Waals surface area contributed by atoms with Gasteiger partial charge in [0.2, 0.25) is 0 Å². The van der Waals surface area contributed by atoms with E-state index in [9.17, 15) is 0 Å². The maximum absolute atomic E-state index is 5.38. The van der Waals surface area contributed by atoms with Crippen molar-refractivity contribution in [3.05, 3.63) is 73.0 Å². The van der Waals surface area contributed by atoms with E-state index in [0.29, 0.717) is 0 Å². The van der Waals surface area contributed by atoms with Gasteiger partial charge in [-0.05, 0) is 46.2 Å². The van der Waals surface area contributed by atoms with Crippen LogP contribution in [-0.2, 0) is 0 Å². The zero-order chi connectivity index (χ0) is 12.7. The van der Waals surface area contributed by atoms with Crippen molar-refractivity contribution in [3.63, 3.8) is 0 Å². The van der Waals surface area contributed by atoms with Crippen molar-refractivity contribution in [1.82, 2.24) is 0 Å². The molecule has 0 saturated carbocycles. The lowest BCUT2D eigenvalue weighted by atomic mass is 10.0. The molecule has 0 bridgehead atoms. The van der Waals surface area contributed by atoms with E-state index in [1.165, 1.54) is 21.9 Å². The molecule has 1 heterocycles. The van der Waals surface area contributed by atoms with Gasteiger partial charge in [-0.3, -0.25) is 0 Å². The third kappa shape index (κ3) is 1.71. The lowest BCUT2D eigenvalue weighted by molar-refractivity contribution is 0.616. The van der Waals surface area contributed by atoms with E-state index >= 15 is 0 Å². The number of rotatable bonds is 1. The van der Waals surface area contributed by atoms with Crippen LogP contribution in [0.3, 0.4) is 0 Å². The van der Waals surface area contributed by atoms with Gasteiger partial charge in [-0.25, -0.2) is 0 Å². The molecule has 1 heteroatoms. The number of benzene rings is 3. The Morgan fingerprint density at radius 2 is 1.32 bits per heavy atom. The van der Waals surface area contributed by atoms with Crippen molar-refractivity contribution < 1.29 is 4.42 Å². The highest BCUT2D eigenvalue weighted by atomic mass is 16.3. The first-order chi connectivity index (χ1) is 9.40. The van der Waals surface area contributed by atoms with Gasteiger partial charge in [0.1, 0.15) is 5.58 Å². The first-order valence-corrected chi connectivity index (χ1v) is 6.37. The van der Waals surface area contributed by atoms with Gasteiger partial charge in [-0.1, -0.05) is 42.5 Å². The fraction of sp³-hybridized carbons (Fsp3) is 0. The molecular formula is C18H12O. The van der Waals surface area contributed by atoms with E-state index in [-0.39, 0.29) is 0 Å². The SMILES string of the molecule is c1ccc2cc(-c3ccc4occc4c3)ccc2c1. The van der Waals surface area contributed by atoms with Crippen LogP contribution in [-0.4, -0.2) is 0 Å². The van der Waals surface area contributed by atoms with Crippen LogP contribution in [0.15, 0.2) is 77.4 Å². The topological polar surface area (TPSA) is 13.1 Å². The van der Waals surface area contributed by atoms with Crippen LogP contribution >= 0.6 is 0 Å². The van der Waals surface area contributed by atoms with Crippen molar-refractivity contribution in [2.75, 3.05) is 0 Å². The maximum atomic E-state index is 5.38. The molecule has 0 unspecified atom stereocenters. The van der Waals surface area contributed by atoms with Crippen LogP contribution in [0.25, 0.3) is 32.9 Å². The summed E-state index contributed by atoms with van der Waals surface area (Å²) in [5.41, 5.74) is 3.39. The highest BCUT2D eigenvalue weighted by Gasteiger charge is 2.02. The summed E-state index contributed by atoms with van der Waals surface area (Å²) in [5.74, 6) is 0. The molecule has 0 amide bonds. The Morgan fingerprint density at radius 3 is 2.21 bits per heavy atom. The molecule has 19 heavy (non-hydrogen) atoms. The summed E-state index contributed by atoms with van der Waals surface area (Å²) in [5, 5.41) is 3.69. The van der Waals surface area contributed by atoms with E-state index in [1.807, 2.05) is 12.1 Å². The largest absolute Gasteiger partial charge is 0.464 e. The smallest absolute Gasteiger partial charge is 0.133 e. The summed E-state index contributed by atoms with van der Waals surface area (Å²) in [7, 11) is 0. The minimum Gasteiger partial charge on any atom is -0.464 e. The maximum Gasteiger partial charge on any atom is 0.133 e. The molecule has 0 spiro atoms. The molecule has 0 N–H and O–H groups in total. The van der Waals surface area contributed by atoms with E-state index in [2.05, 4.69) is 54.6 Å². The molecule has 0 aliphatic rings. The minimum absolute atomic E-state index is 0.935. The summed E-state index contributed by atoms with van der Waals surface area (Å²) >= 11 is 0. The third-order valence-corrected chi connectivity index (χ3v) is 3.54. The Bertz CT molecular complexity index is 871. The first kappa shape index (κ1) is 10.4. The Hall–Kier alpha value is -2.54. The second kappa shape index (κ2) is 3.99. The highest BCUT2D eigenvalue weighted by molar-refractivity contribution is 5.89. The van der Waals surface area contributed by atoms with Crippen LogP contribution in [0.4, 0.5) is 0 Å². The molecule has 0 fully saturated rings. The fourth-order valence-electron chi connectivity index (χ4n) is 2.52. The quantitative estimate of drug-likeness (QED) is 0.445. The number of hydrogen-bond donors (Lipinski definition) is 0. The molecule has 4 aromatic rings. The molecule has 0 atom stereocenters. The standard InChI is InChI=1S/C18H12O/c1-2-4-14-11-15(6-5-13(14)3-1)16-7-8-18-17(12-16)9-10-19-18/h1-12H. The predicted octanol–water partition coefficient (Wildman–Crippen LogP) is 5.25. The molecule has 1 nitrogen and oxygen atoms in total. The van der Waals surface area contributed by atoms with Gasteiger partial charge >= 0.3 is 0 Å². The Balaban J connectivity index is 1.92. The molecular weight excluding hydrogens is 232 g/mol. The average molecular weight is 244 g/mol. The Kier molecular flexibility index (Phi) is 2.18. The van der Waals surface area contributed by atoms with Gasteiger partial charge in [-0.15, -0.1) is 0 Å². The van der Waals surface area contributed by atoms with Crippen LogP contribution in [0.2, 0.25) is 0 Å².